The number of ether oxygens (including phenoxy) is 1. The normalized spacial score (nSPS) is 10.9. The summed E-state index contributed by atoms with van der Waals surface area (Å²) in [5.74, 6) is 0.821. The lowest BCUT2D eigenvalue weighted by molar-refractivity contribution is 0.412. The fourth-order valence-electron chi connectivity index (χ4n) is 1.94. The Kier molecular flexibility index (Phi) is 3.49. The molecule has 0 aliphatic heterocycles. The molecule has 3 nitrogen and oxygen atoms in total. The van der Waals surface area contributed by atoms with Crippen LogP contribution in [0, 0.1) is 3.57 Å². The summed E-state index contributed by atoms with van der Waals surface area (Å²) in [5.41, 5.74) is 2.99. The third-order valence-corrected chi connectivity index (χ3v) is 4.34. The zero-order chi connectivity index (χ0) is 13.4. The van der Waals surface area contributed by atoms with Gasteiger partial charge in [0, 0.05) is 18.0 Å². The van der Waals surface area contributed by atoms with Crippen molar-refractivity contribution in [2.75, 3.05) is 7.11 Å². The second-order valence-corrected chi connectivity index (χ2v) is 6.08. The van der Waals surface area contributed by atoms with Crippen LogP contribution in [-0.2, 0) is 0 Å². The molecule has 0 spiro atoms. The van der Waals surface area contributed by atoms with Gasteiger partial charge in [0.05, 0.1) is 20.8 Å². The van der Waals surface area contributed by atoms with Crippen molar-refractivity contribution < 1.29 is 4.74 Å². The first-order valence-electron chi connectivity index (χ1n) is 5.66. The van der Waals surface area contributed by atoms with Crippen LogP contribution < -0.4 is 4.74 Å². The van der Waals surface area contributed by atoms with Crippen LogP contribution in [0.15, 0.2) is 47.2 Å². The van der Waals surface area contributed by atoms with Crippen LogP contribution in [-0.4, -0.2) is 16.5 Å². The Balaban J connectivity index is 2.14. The Morgan fingerprint density at radius 1 is 1.32 bits per heavy atom. The van der Waals surface area contributed by atoms with Crippen LogP contribution in [0.1, 0.15) is 0 Å². The van der Waals surface area contributed by atoms with Gasteiger partial charge in [-0.3, -0.25) is 0 Å². The van der Waals surface area contributed by atoms with E-state index in [1.54, 1.807) is 7.11 Å². The van der Waals surface area contributed by atoms with Crippen molar-refractivity contribution in [3.63, 3.8) is 0 Å². The molecule has 1 aromatic carbocycles. The molecular weight excluding hydrogens is 419 g/mol. The van der Waals surface area contributed by atoms with Crippen molar-refractivity contribution in [1.82, 2.24) is 9.38 Å². The number of imidazole rings is 1. The minimum absolute atomic E-state index is 0.821. The zero-order valence-corrected chi connectivity index (χ0v) is 13.8. The summed E-state index contributed by atoms with van der Waals surface area (Å²) in [4.78, 5) is 4.67. The van der Waals surface area contributed by atoms with Gasteiger partial charge in [0.2, 0.25) is 0 Å². The first-order valence-corrected chi connectivity index (χ1v) is 7.53. The average molecular weight is 429 g/mol. The summed E-state index contributed by atoms with van der Waals surface area (Å²) in [6, 6.07) is 10.0. The minimum atomic E-state index is 0.821. The summed E-state index contributed by atoms with van der Waals surface area (Å²) in [6.07, 6.45) is 4.04. The fraction of sp³-hybridized carbons (Fsp3) is 0.0714. The highest BCUT2D eigenvalue weighted by molar-refractivity contribution is 14.1. The molecule has 0 bridgehead atoms. The first-order chi connectivity index (χ1) is 9.19. The summed E-state index contributed by atoms with van der Waals surface area (Å²) < 4.78 is 9.34. The van der Waals surface area contributed by atoms with E-state index in [1.165, 1.54) is 0 Å². The van der Waals surface area contributed by atoms with Crippen LogP contribution >= 0.6 is 38.5 Å². The molecule has 3 aromatic rings. The van der Waals surface area contributed by atoms with E-state index in [9.17, 15) is 0 Å². The van der Waals surface area contributed by atoms with Crippen molar-refractivity contribution in [3.05, 3.63) is 50.8 Å². The van der Waals surface area contributed by atoms with E-state index in [0.717, 1.165) is 30.7 Å². The number of hydrogen-bond acceptors (Lipinski definition) is 2. The van der Waals surface area contributed by atoms with Crippen LogP contribution in [0.5, 0.6) is 5.75 Å². The van der Waals surface area contributed by atoms with Gasteiger partial charge in [-0.2, -0.15) is 0 Å². The lowest BCUT2D eigenvalue weighted by Crippen LogP contribution is -1.85. The number of halogens is 2. The standard InChI is InChI=1S/C14H10BrIN2O/c1-19-13-5-4-9(7-10(13)15)12-8-18-6-2-3-11(16)14(18)17-12/h2-8H,1H3. The first kappa shape index (κ1) is 12.9. The summed E-state index contributed by atoms with van der Waals surface area (Å²) >= 11 is 5.80. The van der Waals surface area contributed by atoms with Crippen molar-refractivity contribution in [2.45, 2.75) is 0 Å². The van der Waals surface area contributed by atoms with Gasteiger partial charge in [-0.05, 0) is 68.9 Å². The molecule has 0 saturated carbocycles. The van der Waals surface area contributed by atoms with Gasteiger partial charge < -0.3 is 9.14 Å². The van der Waals surface area contributed by atoms with E-state index in [0.29, 0.717) is 0 Å². The van der Waals surface area contributed by atoms with Crippen LogP contribution in [0.3, 0.4) is 0 Å². The van der Waals surface area contributed by atoms with Gasteiger partial charge in [-0.15, -0.1) is 0 Å². The summed E-state index contributed by atoms with van der Waals surface area (Å²) in [7, 11) is 1.66. The summed E-state index contributed by atoms with van der Waals surface area (Å²) in [6.45, 7) is 0. The monoisotopic (exact) mass is 428 g/mol. The van der Waals surface area contributed by atoms with E-state index >= 15 is 0 Å². The SMILES string of the molecule is COc1ccc(-c2cn3cccc(I)c3n2)cc1Br. The third-order valence-electron chi connectivity index (χ3n) is 2.88. The largest absolute Gasteiger partial charge is 0.496 e. The van der Waals surface area contributed by atoms with Gasteiger partial charge in [-0.25, -0.2) is 4.98 Å². The number of nitrogens with zero attached hydrogens (tertiary/aromatic N) is 2. The van der Waals surface area contributed by atoms with Gasteiger partial charge in [0.15, 0.2) is 5.65 Å². The number of benzene rings is 1. The quantitative estimate of drug-likeness (QED) is 0.566. The molecule has 2 heterocycles. The van der Waals surface area contributed by atoms with Crippen molar-refractivity contribution in [3.8, 4) is 17.0 Å². The molecule has 0 atom stereocenters. The highest BCUT2D eigenvalue weighted by Gasteiger charge is 2.08. The van der Waals surface area contributed by atoms with Crippen LogP contribution in [0.25, 0.3) is 16.9 Å². The molecule has 96 valence electrons. The zero-order valence-electron chi connectivity index (χ0n) is 10.1. The molecule has 0 aliphatic carbocycles. The van der Waals surface area contributed by atoms with Crippen LogP contribution in [0.2, 0.25) is 0 Å². The summed E-state index contributed by atoms with van der Waals surface area (Å²) in [5, 5.41) is 0. The highest BCUT2D eigenvalue weighted by atomic mass is 127. The Bertz CT molecular complexity index is 754. The molecule has 3 rings (SSSR count). The average Bonchev–Trinajstić information content (AvgIpc) is 2.84. The molecule has 0 N–H and O–H groups in total. The molecule has 0 unspecified atom stereocenters. The van der Waals surface area contributed by atoms with Gasteiger partial charge >= 0.3 is 0 Å². The Morgan fingerprint density at radius 3 is 2.84 bits per heavy atom. The topological polar surface area (TPSA) is 26.5 Å². The molecule has 5 heteroatoms. The number of fused-ring (bicyclic) bond motifs is 1. The van der Waals surface area contributed by atoms with E-state index in [2.05, 4.69) is 49.6 Å². The lowest BCUT2D eigenvalue weighted by Gasteiger charge is -2.04. The van der Waals surface area contributed by atoms with Gasteiger partial charge in [0.25, 0.3) is 0 Å². The van der Waals surface area contributed by atoms with E-state index in [-0.39, 0.29) is 0 Å². The van der Waals surface area contributed by atoms with Crippen LogP contribution in [0.4, 0.5) is 0 Å². The van der Waals surface area contributed by atoms with Crippen molar-refractivity contribution >= 4 is 44.2 Å². The molecule has 19 heavy (non-hydrogen) atoms. The maximum atomic E-state index is 5.24. The Hall–Kier alpha value is -1.08. The molecule has 0 fully saturated rings. The Morgan fingerprint density at radius 2 is 2.16 bits per heavy atom. The predicted octanol–water partition coefficient (Wildman–Crippen LogP) is 4.38. The molecule has 0 amide bonds. The number of aromatic nitrogens is 2. The second-order valence-electron chi connectivity index (χ2n) is 4.06. The molecule has 0 aliphatic rings. The van der Waals surface area contributed by atoms with Gasteiger partial charge in [-0.1, -0.05) is 0 Å². The maximum Gasteiger partial charge on any atom is 0.150 e. The Labute approximate surface area is 132 Å². The number of pyridine rings is 1. The lowest BCUT2D eigenvalue weighted by atomic mass is 10.2. The number of methoxy groups -OCH3 is 1. The minimum Gasteiger partial charge on any atom is -0.496 e. The predicted molar refractivity (Wildman–Crippen MR) is 87.6 cm³/mol. The molecule has 2 aromatic heterocycles. The van der Waals surface area contributed by atoms with E-state index in [4.69, 9.17) is 4.74 Å². The smallest absolute Gasteiger partial charge is 0.150 e. The molecule has 0 radical (unpaired) electrons. The fourth-order valence-corrected chi connectivity index (χ4v) is 3.09. The van der Waals surface area contributed by atoms with Crippen molar-refractivity contribution in [1.29, 1.82) is 0 Å². The molecular formula is C14H10BrIN2O. The highest BCUT2D eigenvalue weighted by Crippen LogP contribution is 2.30. The van der Waals surface area contributed by atoms with Gasteiger partial charge in [0.1, 0.15) is 5.75 Å². The number of rotatable bonds is 2. The van der Waals surface area contributed by atoms with E-state index in [1.807, 2.05) is 41.1 Å². The third kappa shape index (κ3) is 2.36. The number of hydrogen-bond donors (Lipinski definition) is 0. The second kappa shape index (κ2) is 5.13. The maximum absolute atomic E-state index is 5.24. The van der Waals surface area contributed by atoms with Crippen molar-refractivity contribution in [2.24, 2.45) is 0 Å². The van der Waals surface area contributed by atoms with E-state index < -0.39 is 0 Å². The molecule has 0 saturated heterocycles.